The number of benzene rings is 3. The van der Waals surface area contributed by atoms with Crippen LogP contribution in [0.2, 0.25) is 0 Å². The highest BCUT2D eigenvalue weighted by Crippen LogP contribution is 2.28. The summed E-state index contributed by atoms with van der Waals surface area (Å²) in [6.45, 7) is 0.602. The summed E-state index contributed by atoms with van der Waals surface area (Å²) >= 11 is 0. The van der Waals surface area contributed by atoms with Gasteiger partial charge in [-0.25, -0.2) is 8.42 Å². The minimum atomic E-state index is -3.82. The Hall–Kier alpha value is -3.22. The number of hydrogen-bond acceptors (Lipinski definition) is 4. The Morgan fingerprint density at radius 3 is 2.09 bits per heavy atom. The maximum Gasteiger partial charge on any atom is 0.325 e. The van der Waals surface area contributed by atoms with Crippen LogP contribution in [0.1, 0.15) is 30.4 Å². The molecule has 1 unspecified atom stereocenters. The second-order valence-electron chi connectivity index (χ2n) is 8.72. The summed E-state index contributed by atoms with van der Waals surface area (Å²) in [5.41, 5.74) is 5.64. The number of hydrogen-bond donors (Lipinski definition) is 0. The first kappa shape index (κ1) is 24.9. The summed E-state index contributed by atoms with van der Waals surface area (Å²) in [6, 6.07) is 28.4. The first-order valence-electron chi connectivity index (χ1n) is 11.9. The Labute approximate surface area is 208 Å². The molecule has 1 atom stereocenters. The Bertz CT molecular complexity index is 1250. The molecule has 0 spiro atoms. The number of carbonyl (C=O) groups is 1. The van der Waals surface area contributed by atoms with Crippen LogP contribution in [-0.2, 0) is 26.0 Å². The molecule has 182 valence electrons. The van der Waals surface area contributed by atoms with Crippen LogP contribution in [-0.4, -0.2) is 44.1 Å². The number of esters is 1. The van der Waals surface area contributed by atoms with Crippen LogP contribution in [0.15, 0.2) is 91.0 Å². The number of aryl methyl sites for hydroxylation is 1. The van der Waals surface area contributed by atoms with Crippen molar-refractivity contribution in [2.75, 3.05) is 20.2 Å². The average Bonchev–Trinajstić information content (AvgIpc) is 2.92. The van der Waals surface area contributed by atoms with E-state index in [2.05, 4.69) is 36.4 Å². The summed E-state index contributed by atoms with van der Waals surface area (Å²) in [4.78, 5) is 12.4. The van der Waals surface area contributed by atoms with Gasteiger partial charge in [0.1, 0.15) is 0 Å². The lowest BCUT2D eigenvalue weighted by Crippen LogP contribution is -2.44. The van der Waals surface area contributed by atoms with Gasteiger partial charge in [0.15, 0.2) is 5.25 Å². The Morgan fingerprint density at radius 2 is 1.49 bits per heavy atom. The standard InChI is InChI=1S/C29H31NO4S/c1-34-29(31)28(14-8-11-23-9-4-2-5-10-23)35(32,33)30-21-19-27(20-22-30)26-17-15-25(16-18-26)24-12-6-3-7-13-24/h2-7,9-10,12-13,15-19,28H,8,11,14,20-22H2,1H3. The van der Waals surface area contributed by atoms with Gasteiger partial charge < -0.3 is 4.74 Å². The van der Waals surface area contributed by atoms with Crippen LogP contribution in [0, 0.1) is 0 Å². The van der Waals surface area contributed by atoms with Crippen LogP contribution in [0.25, 0.3) is 16.7 Å². The van der Waals surface area contributed by atoms with Crippen molar-refractivity contribution in [1.29, 1.82) is 0 Å². The SMILES string of the molecule is COC(=O)C(CCCc1ccccc1)S(=O)(=O)N1CC=C(c2ccc(-c3ccccc3)cc2)CC1. The van der Waals surface area contributed by atoms with Crippen LogP contribution in [0.5, 0.6) is 0 Å². The van der Waals surface area contributed by atoms with Crippen molar-refractivity contribution in [3.8, 4) is 11.1 Å². The normalized spacial score (nSPS) is 15.3. The maximum atomic E-state index is 13.4. The highest BCUT2D eigenvalue weighted by atomic mass is 32.2. The topological polar surface area (TPSA) is 63.7 Å². The van der Waals surface area contributed by atoms with Gasteiger partial charge >= 0.3 is 5.97 Å². The van der Waals surface area contributed by atoms with Gasteiger partial charge in [0.2, 0.25) is 10.0 Å². The largest absolute Gasteiger partial charge is 0.468 e. The lowest BCUT2D eigenvalue weighted by atomic mass is 9.97. The van der Waals surface area contributed by atoms with Gasteiger partial charge in [-0.1, -0.05) is 91.0 Å². The van der Waals surface area contributed by atoms with Gasteiger partial charge in [-0.3, -0.25) is 4.79 Å². The van der Waals surface area contributed by atoms with E-state index in [4.69, 9.17) is 4.74 Å². The summed E-state index contributed by atoms with van der Waals surface area (Å²) in [5.74, 6) is -0.690. The molecule has 0 fully saturated rings. The van der Waals surface area contributed by atoms with Gasteiger partial charge in [-0.2, -0.15) is 4.31 Å². The molecule has 4 rings (SSSR count). The number of ether oxygens (including phenoxy) is 1. The third kappa shape index (κ3) is 6.08. The fourth-order valence-electron chi connectivity index (χ4n) is 4.49. The molecule has 3 aromatic rings. The molecule has 0 N–H and O–H groups in total. The van der Waals surface area contributed by atoms with Crippen molar-refractivity contribution in [2.45, 2.75) is 30.9 Å². The molecule has 0 saturated heterocycles. The van der Waals surface area contributed by atoms with E-state index in [0.717, 1.165) is 27.8 Å². The number of carbonyl (C=O) groups excluding carboxylic acids is 1. The molecule has 0 radical (unpaired) electrons. The number of nitrogens with zero attached hydrogens (tertiary/aromatic N) is 1. The summed E-state index contributed by atoms with van der Waals surface area (Å²) in [7, 11) is -2.58. The van der Waals surface area contributed by atoms with Gasteiger partial charge in [-0.05, 0) is 53.5 Å². The van der Waals surface area contributed by atoms with E-state index in [1.807, 2.05) is 54.6 Å². The van der Waals surface area contributed by atoms with Crippen molar-refractivity contribution in [1.82, 2.24) is 4.31 Å². The van der Waals surface area contributed by atoms with E-state index in [9.17, 15) is 13.2 Å². The van der Waals surface area contributed by atoms with E-state index in [0.29, 0.717) is 25.8 Å². The molecule has 1 heterocycles. The van der Waals surface area contributed by atoms with E-state index in [1.54, 1.807) is 0 Å². The van der Waals surface area contributed by atoms with Crippen molar-refractivity contribution in [2.24, 2.45) is 0 Å². The zero-order valence-corrected chi connectivity index (χ0v) is 20.8. The fourth-order valence-corrected chi connectivity index (χ4v) is 6.28. The van der Waals surface area contributed by atoms with E-state index in [1.165, 1.54) is 11.4 Å². The number of methoxy groups -OCH3 is 1. The molecule has 3 aromatic carbocycles. The molecule has 0 aromatic heterocycles. The van der Waals surface area contributed by atoms with Crippen molar-refractivity contribution < 1.29 is 17.9 Å². The second kappa shape index (κ2) is 11.5. The fraction of sp³-hybridized carbons (Fsp3) is 0.276. The van der Waals surface area contributed by atoms with Gasteiger partial charge in [0.05, 0.1) is 7.11 Å². The Balaban J connectivity index is 1.42. The van der Waals surface area contributed by atoms with Gasteiger partial charge in [0.25, 0.3) is 0 Å². The first-order chi connectivity index (χ1) is 17.0. The summed E-state index contributed by atoms with van der Waals surface area (Å²) in [5, 5.41) is -1.18. The third-order valence-electron chi connectivity index (χ3n) is 6.49. The van der Waals surface area contributed by atoms with Crippen LogP contribution in [0.4, 0.5) is 0 Å². The quantitative estimate of drug-likeness (QED) is 0.381. The Kier molecular flexibility index (Phi) is 8.16. The molecule has 1 aliphatic rings. The molecule has 35 heavy (non-hydrogen) atoms. The summed E-state index contributed by atoms with van der Waals surface area (Å²) in [6.07, 6.45) is 4.09. The highest BCUT2D eigenvalue weighted by molar-refractivity contribution is 7.90. The smallest absolute Gasteiger partial charge is 0.325 e. The van der Waals surface area contributed by atoms with Crippen LogP contribution in [0.3, 0.4) is 0 Å². The molecule has 0 aliphatic carbocycles. The average molecular weight is 490 g/mol. The predicted octanol–water partition coefficient (Wildman–Crippen LogP) is 5.34. The molecule has 0 amide bonds. The van der Waals surface area contributed by atoms with E-state index < -0.39 is 21.2 Å². The number of sulfonamides is 1. The molecule has 5 nitrogen and oxygen atoms in total. The molecule has 6 heteroatoms. The zero-order chi connectivity index (χ0) is 24.7. The van der Waals surface area contributed by atoms with Crippen molar-refractivity contribution in [3.63, 3.8) is 0 Å². The molecular weight excluding hydrogens is 458 g/mol. The monoisotopic (exact) mass is 489 g/mol. The zero-order valence-electron chi connectivity index (χ0n) is 20.0. The second-order valence-corrected chi connectivity index (χ2v) is 10.8. The molecule has 0 bridgehead atoms. The predicted molar refractivity (Wildman–Crippen MR) is 140 cm³/mol. The maximum absolute atomic E-state index is 13.4. The molecular formula is C29H31NO4S. The molecule has 1 aliphatic heterocycles. The van der Waals surface area contributed by atoms with Crippen LogP contribution >= 0.6 is 0 Å². The van der Waals surface area contributed by atoms with E-state index in [-0.39, 0.29) is 13.0 Å². The van der Waals surface area contributed by atoms with Crippen LogP contribution < -0.4 is 0 Å². The van der Waals surface area contributed by atoms with Gasteiger partial charge in [0, 0.05) is 13.1 Å². The lowest BCUT2D eigenvalue weighted by molar-refractivity contribution is -0.140. The van der Waals surface area contributed by atoms with Gasteiger partial charge in [-0.15, -0.1) is 0 Å². The number of rotatable bonds is 9. The minimum Gasteiger partial charge on any atom is -0.468 e. The minimum absolute atomic E-state index is 0.234. The Morgan fingerprint density at radius 1 is 0.886 bits per heavy atom. The summed E-state index contributed by atoms with van der Waals surface area (Å²) < 4.78 is 33.0. The van der Waals surface area contributed by atoms with E-state index >= 15 is 0 Å². The molecule has 0 saturated carbocycles. The van der Waals surface area contributed by atoms with Crippen molar-refractivity contribution in [3.05, 3.63) is 102 Å². The first-order valence-corrected chi connectivity index (χ1v) is 13.4. The third-order valence-corrected chi connectivity index (χ3v) is 8.69. The highest BCUT2D eigenvalue weighted by Gasteiger charge is 2.38. The van der Waals surface area contributed by atoms with Crippen molar-refractivity contribution >= 4 is 21.6 Å². The lowest BCUT2D eigenvalue weighted by Gasteiger charge is -2.29.